The standard InChI is InChI=1S/C12H8FNOS/c13-10-5-9(8-15)6-11(7-10)16-12-3-1-2-4-14-12/h1-8H. The number of aromatic nitrogens is 1. The third-order valence-electron chi connectivity index (χ3n) is 1.89. The van der Waals surface area contributed by atoms with Gasteiger partial charge >= 0.3 is 0 Å². The van der Waals surface area contributed by atoms with Crippen molar-refractivity contribution in [3.8, 4) is 0 Å². The molecule has 4 heteroatoms. The Labute approximate surface area is 96.5 Å². The van der Waals surface area contributed by atoms with Gasteiger partial charge in [-0.2, -0.15) is 0 Å². The molecular weight excluding hydrogens is 225 g/mol. The molecule has 2 rings (SSSR count). The van der Waals surface area contributed by atoms with E-state index in [9.17, 15) is 9.18 Å². The number of nitrogens with zero attached hydrogens (tertiary/aromatic N) is 1. The maximum absolute atomic E-state index is 13.1. The van der Waals surface area contributed by atoms with Gasteiger partial charge in [0.05, 0.1) is 0 Å². The first-order chi connectivity index (χ1) is 7.78. The Morgan fingerprint density at radius 1 is 1.25 bits per heavy atom. The van der Waals surface area contributed by atoms with E-state index < -0.39 is 5.82 Å². The molecule has 0 aliphatic rings. The largest absolute Gasteiger partial charge is 0.298 e. The zero-order valence-electron chi connectivity index (χ0n) is 8.26. The van der Waals surface area contributed by atoms with Crippen LogP contribution in [0, 0.1) is 5.82 Å². The van der Waals surface area contributed by atoms with Gasteiger partial charge in [0, 0.05) is 16.7 Å². The maximum Gasteiger partial charge on any atom is 0.150 e. The smallest absolute Gasteiger partial charge is 0.150 e. The SMILES string of the molecule is O=Cc1cc(F)cc(Sc2ccccn2)c1. The Morgan fingerprint density at radius 3 is 2.81 bits per heavy atom. The first kappa shape index (κ1) is 10.8. The summed E-state index contributed by atoms with van der Waals surface area (Å²) in [5.41, 5.74) is 0.332. The van der Waals surface area contributed by atoms with E-state index in [-0.39, 0.29) is 0 Å². The molecule has 0 bridgehead atoms. The third-order valence-corrected chi connectivity index (χ3v) is 2.81. The van der Waals surface area contributed by atoms with Gasteiger partial charge in [0.1, 0.15) is 17.1 Å². The topological polar surface area (TPSA) is 30.0 Å². The highest BCUT2D eigenvalue weighted by Crippen LogP contribution is 2.26. The molecule has 16 heavy (non-hydrogen) atoms. The van der Waals surface area contributed by atoms with Crippen molar-refractivity contribution >= 4 is 18.0 Å². The van der Waals surface area contributed by atoms with Crippen molar-refractivity contribution in [3.63, 3.8) is 0 Å². The van der Waals surface area contributed by atoms with Gasteiger partial charge in [0.2, 0.25) is 0 Å². The van der Waals surface area contributed by atoms with E-state index in [0.29, 0.717) is 16.7 Å². The fourth-order valence-corrected chi connectivity index (χ4v) is 2.11. The van der Waals surface area contributed by atoms with Crippen LogP contribution in [0.15, 0.2) is 52.5 Å². The molecule has 0 unspecified atom stereocenters. The number of pyridine rings is 1. The van der Waals surface area contributed by atoms with Crippen molar-refractivity contribution in [2.75, 3.05) is 0 Å². The third kappa shape index (κ3) is 2.67. The number of carbonyl (C=O) groups excluding carboxylic acids is 1. The van der Waals surface area contributed by atoms with E-state index in [4.69, 9.17) is 0 Å². The van der Waals surface area contributed by atoms with Gasteiger partial charge in [-0.25, -0.2) is 9.37 Å². The Kier molecular flexibility index (Phi) is 3.31. The highest BCUT2D eigenvalue weighted by Gasteiger charge is 2.02. The van der Waals surface area contributed by atoms with Crippen LogP contribution >= 0.6 is 11.8 Å². The summed E-state index contributed by atoms with van der Waals surface area (Å²) in [6.07, 6.45) is 2.30. The average Bonchev–Trinajstić information content (AvgIpc) is 2.29. The van der Waals surface area contributed by atoms with Crippen LogP contribution in [0.1, 0.15) is 10.4 Å². The lowest BCUT2D eigenvalue weighted by Gasteiger charge is -2.01. The Bertz CT molecular complexity index is 502. The van der Waals surface area contributed by atoms with Gasteiger partial charge in [-0.15, -0.1) is 0 Å². The average molecular weight is 233 g/mol. The van der Waals surface area contributed by atoms with Gasteiger partial charge < -0.3 is 0 Å². The number of rotatable bonds is 3. The molecular formula is C12H8FNOS. The minimum absolute atomic E-state index is 0.332. The van der Waals surface area contributed by atoms with E-state index in [1.165, 1.54) is 23.9 Å². The van der Waals surface area contributed by atoms with Crippen LogP contribution in [-0.2, 0) is 0 Å². The molecule has 0 aliphatic carbocycles. The molecule has 0 radical (unpaired) electrons. The van der Waals surface area contributed by atoms with Gasteiger partial charge in [0.25, 0.3) is 0 Å². The van der Waals surface area contributed by atoms with Crippen LogP contribution in [0.25, 0.3) is 0 Å². The van der Waals surface area contributed by atoms with E-state index in [0.717, 1.165) is 5.03 Å². The Hall–Kier alpha value is -1.68. The van der Waals surface area contributed by atoms with Crippen molar-refractivity contribution in [2.24, 2.45) is 0 Å². The molecule has 0 N–H and O–H groups in total. The Balaban J connectivity index is 2.28. The first-order valence-electron chi connectivity index (χ1n) is 4.62. The van der Waals surface area contributed by atoms with E-state index in [1.807, 2.05) is 18.2 Å². The molecule has 1 aromatic carbocycles. The van der Waals surface area contributed by atoms with Crippen LogP contribution in [-0.4, -0.2) is 11.3 Å². The molecule has 2 nitrogen and oxygen atoms in total. The van der Waals surface area contributed by atoms with E-state index in [2.05, 4.69) is 4.98 Å². The molecule has 0 amide bonds. The van der Waals surface area contributed by atoms with Crippen molar-refractivity contribution in [1.82, 2.24) is 4.98 Å². The normalized spacial score (nSPS) is 10.1. The van der Waals surface area contributed by atoms with Gasteiger partial charge in [0.15, 0.2) is 0 Å². The predicted molar refractivity (Wildman–Crippen MR) is 60.1 cm³/mol. The molecule has 0 aliphatic heterocycles. The number of halogens is 1. The summed E-state index contributed by atoms with van der Waals surface area (Å²) in [6, 6.07) is 9.72. The van der Waals surface area contributed by atoms with E-state index >= 15 is 0 Å². The molecule has 0 saturated heterocycles. The summed E-state index contributed by atoms with van der Waals surface area (Å²) in [5.74, 6) is -0.414. The van der Waals surface area contributed by atoms with Crippen molar-refractivity contribution < 1.29 is 9.18 Å². The zero-order valence-corrected chi connectivity index (χ0v) is 9.08. The molecule has 1 heterocycles. The van der Waals surface area contributed by atoms with Crippen molar-refractivity contribution in [1.29, 1.82) is 0 Å². The summed E-state index contributed by atoms with van der Waals surface area (Å²) in [4.78, 5) is 15.4. The summed E-state index contributed by atoms with van der Waals surface area (Å²) in [6.45, 7) is 0. The quantitative estimate of drug-likeness (QED) is 0.763. The van der Waals surface area contributed by atoms with Crippen molar-refractivity contribution in [3.05, 3.63) is 54.0 Å². The van der Waals surface area contributed by atoms with Crippen LogP contribution in [0.3, 0.4) is 0 Å². The highest BCUT2D eigenvalue weighted by atomic mass is 32.2. The van der Waals surface area contributed by atoms with Crippen LogP contribution in [0.5, 0.6) is 0 Å². The highest BCUT2D eigenvalue weighted by molar-refractivity contribution is 7.99. The molecule has 80 valence electrons. The summed E-state index contributed by atoms with van der Waals surface area (Å²) < 4.78 is 13.1. The van der Waals surface area contributed by atoms with Crippen molar-refractivity contribution in [2.45, 2.75) is 9.92 Å². The monoisotopic (exact) mass is 233 g/mol. The number of carbonyl (C=O) groups is 1. The van der Waals surface area contributed by atoms with Crippen LogP contribution in [0.4, 0.5) is 4.39 Å². The lowest BCUT2D eigenvalue weighted by Crippen LogP contribution is -1.85. The number of aldehydes is 1. The lowest BCUT2D eigenvalue weighted by molar-refractivity contribution is 0.112. The van der Waals surface area contributed by atoms with Gasteiger partial charge in [-0.05, 0) is 30.3 Å². The second kappa shape index (κ2) is 4.90. The molecule has 1 aromatic heterocycles. The molecule has 0 spiro atoms. The number of hydrogen-bond acceptors (Lipinski definition) is 3. The molecule has 0 fully saturated rings. The molecule has 0 saturated carbocycles. The molecule has 2 aromatic rings. The minimum Gasteiger partial charge on any atom is -0.298 e. The second-order valence-electron chi connectivity index (χ2n) is 3.11. The number of hydrogen-bond donors (Lipinski definition) is 0. The predicted octanol–water partition coefficient (Wildman–Crippen LogP) is 3.18. The zero-order chi connectivity index (χ0) is 11.4. The fraction of sp³-hybridized carbons (Fsp3) is 0. The second-order valence-corrected chi connectivity index (χ2v) is 4.20. The maximum atomic E-state index is 13.1. The van der Waals surface area contributed by atoms with Gasteiger partial charge in [-0.1, -0.05) is 17.8 Å². The van der Waals surface area contributed by atoms with E-state index in [1.54, 1.807) is 12.3 Å². The Morgan fingerprint density at radius 2 is 2.12 bits per heavy atom. The van der Waals surface area contributed by atoms with Crippen LogP contribution in [0.2, 0.25) is 0 Å². The first-order valence-corrected chi connectivity index (χ1v) is 5.44. The number of benzene rings is 1. The summed E-state index contributed by atoms with van der Waals surface area (Å²) in [5, 5.41) is 0.768. The molecule has 0 atom stereocenters. The fourth-order valence-electron chi connectivity index (χ4n) is 1.24. The van der Waals surface area contributed by atoms with Gasteiger partial charge in [-0.3, -0.25) is 4.79 Å². The van der Waals surface area contributed by atoms with Crippen LogP contribution < -0.4 is 0 Å². The summed E-state index contributed by atoms with van der Waals surface area (Å²) >= 11 is 1.32. The lowest BCUT2D eigenvalue weighted by atomic mass is 10.2. The summed E-state index contributed by atoms with van der Waals surface area (Å²) in [7, 11) is 0. The minimum atomic E-state index is -0.414.